The molecular formula is C5H3NO4Se. The van der Waals surface area contributed by atoms with E-state index in [0.717, 1.165) is 6.07 Å². The number of nitrogens with zero attached hydrogens (tertiary/aromatic N) is 1. The zero-order valence-corrected chi connectivity index (χ0v) is 6.86. The summed E-state index contributed by atoms with van der Waals surface area (Å²) in [4.78, 5) is 20.5. The summed E-state index contributed by atoms with van der Waals surface area (Å²) in [6.07, 6.45) is 0. The van der Waals surface area contributed by atoms with Crippen LogP contribution in [0.5, 0.6) is 0 Å². The quantitative estimate of drug-likeness (QED) is 0.658. The van der Waals surface area contributed by atoms with Crippen LogP contribution in [-0.4, -0.2) is 40.9 Å². The van der Waals surface area contributed by atoms with E-state index in [0.29, 0.717) is 0 Å². The van der Waals surface area contributed by atoms with Crippen LogP contribution in [-0.2, 0) is 0 Å². The fourth-order valence-corrected chi connectivity index (χ4v) is 1.67. The summed E-state index contributed by atoms with van der Waals surface area (Å²) in [6.45, 7) is 0. The van der Waals surface area contributed by atoms with E-state index in [2.05, 4.69) is 3.98 Å². The number of carbonyl (C=O) groups is 2. The topological polar surface area (TPSA) is 87.5 Å². The van der Waals surface area contributed by atoms with Crippen molar-refractivity contribution in [2.75, 3.05) is 0 Å². The van der Waals surface area contributed by atoms with Crippen LogP contribution >= 0.6 is 0 Å². The Morgan fingerprint density at radius 1 is 1.36 bits per heavy atom. The molecule has 0 bridgehead atoms. The molecule has 0 aromatic carbocycles. The average Bonchev–Trinajstić information content (AvgIpc) is 2.33. The number of hydrogen-bond acceptors (Lipinski definition) is 3. The Balaban J connectivity index is 2.99. The van der Waals surface area contributed by atoms with E-state index >= 15 is 0 Å². The van der Waals surface area contributed by atoms with Gasteiger partial charge in [0, 0.05) is 0 Å². The van der Waals surface area contributed by atoms with E-state index < -0.39 is 26.7 Å². The first-order valence-corrected chi connectivity index (χ1v) is 4.17. The summed E-state index contributed by atoms with van der Waals surface area (Å²) in [5.74, 6) is -2.27. The second-order valence-corrected chi connectivity index (χ2v) is 3.38. The number of carboxylic acids is 2. The zero-order valence-electron chi connectivity index (χ0n) is 5.14. The molecular weight excluding hydrogens is 217 g/mol. The summed E-state index contributed by atoms with van der Waals surface area (Å²) in [5.41, 5.74) is -0.164. The first-order chi connectivity index (χ1) is 5.11. The van der Waals surface area contributed by atoms with Crippen LogP contribution in [0.15, 0.2) is 6.07 Å². The van der Waals surface area contributed by atoms with Crippen molar-refractivity contribution in [1.82, 2.24) is 3.98 Å². The van der Waals surface area contributed by atoms with E-state index in [-0.39, 0.29) is 10.1 Å². The Morgan fingerprint density at radius 3 is 2.27 bits per heavy atom. The monoisotopic (exact) mass is 221 g/mol. The molecule has 0 amide bonds. The summed E-state index contributed by atoms with van der Waals surface area (Å²) in [7, 11) is 0. The Labute approximate surface area is 67.3 Å². The van der Waals surface area contributed by atoms with Gasteiger partial charge < -0.3 is 0 Å². The number of rotatable bonds is 2. The first kappa shape index (κ1) is 7.97. The molecule has 1 aromatic heterocycles. The van der Waals surface area contributed by atoms with Gasteiger partial charge in [-0.25, -0.2) is 0 Å². The molecule has 0 aliphatic rings. The molecule has 6 heteroatoms. The Hall–Kier alpha value is -1.13. The van der Waals surface area contributed by atoms with Gasteiger partial charge in [0.25, 0.3) is 0 Å². The third kappa shape index (κ3) is 1.66. The van der Waals surface area contributed by atoms with E-state index in [1.807, 2.05) is 0 Å². The number of carboxylic acid groups (broad SMARTS) is 2. The normalized spacial score (nSPS) is 9.45. The average molecular weight is 220 g/mol. The molecule has 58 valence electrons. The molecule has 0 atom stereocenters. The van der Waals surface area contributed by atoms with Crippen LogP contribution in [0.25, 0.3) is 0 Å². The Bertz CT molecular complexity index is 277. The van der Waals surface area contributed by atoms with Crippen molar-refractivity contribution in [1.29, 1.82) is 0 Å². The molecule has 5 nitrogen and oxygen atoms in total. The van der Waals surface area contributed by atoms with Gasteiger partial charge in [0.05, 0.1) is 0 Å². The molecule has 0 saturated carbocycles. The van der Waals surface area contributed by atoms with Crippen LogP contribution in [0.4, 0.5) is 0 Å². The van der Waals surface area contributed by atoms with Gasteiger partial charge in [-0.15, -0.1) is 0 Å². The van der Waals surface area contributed by atoms with Crippen molar-refractivity contribution >= 4 is 26.7 Å². The molecule has 0 saturated heterocycles. The van der Waals surface area contributed by atoms with Gasteiger partial charge in [0.2, 0.25) is 0 Å². The van der Waals surface area contributed by atoms with E-state index in [4.69, 9.17) is 10.2 Å². The SMILES string of the molecule is O=C(O)c1cc(C(=O)O)[se]n1. The summed E-state index contributed by atoms with van der Waals surface area (Å²) in [6, 6.07) is 1.09. The predicted molar refractivity (Wildman–Crippen MR) is 35.1 cm³/mol. The Kier molecular flexibility index (Phi) is 2.07. The van der Waals surface area contributed by atoms with Crippen LogP contribution in [0.3, 0.4) is 0 Å². The van der Waals surface area contributed by atoms with Crippen molar-refractivity contribution in [3.05, 3.63) is 16.2 Å². The molecule has 2 N–H and O–H groups in total. The predicted octanol–water partition coefficient (Wildman–Crippen LogP) is -0.465. The standard InChI is InChI=1S/C5H3NO4Se/c7-4(8)2-1-3(5(9)10)11-6-2/h1H,(H,7,8)(H,9,10). The van der Waals surface area contributed by atoms with Gasteiger partial charge >= 0.3 is 66.7 Å². The molecule has 0 unspecified atom stereocenters. The van der Waals surface area contributed by atoms with Gasteiger partial charge in [0.1, 0.15) is 0 Å². The van der Waals surface area contributed by atoms with Crippen molar-refractivity contribution in [2.24, 2.45) is 0 Å². The van der Waals surface area contributed by atoms with Crippen LogP contribution in [0.1, 0.15) is 19.7 Å². The minimum atomic E-state index is -1.18. The van der Waals surface area contributed by atoms with Gasteiger partial charge in [-0.3, -0.25) is 0 Å². The second kappa shape index (κ2) is 2.86. The van der Waals surface area contributed by atoms with Gasteiger partial charge in [-0.2, -0.15) is 0 Å². The van der Waals surface area contributed by atoms with Gasteiger partial charge in [0.15, 0.2) is 0 Å². The van der Waals surface area contributed by atoms with E-state index in [9.17, 15) is 9.59 Å². The van der Waals surface area contributed by atoms with Crippen LogP contribution < -0.4 is 0 Å². The molecule has 0 radical (unpaired) electrons. The number of hydrogen-bond donors (Lipinski definition) is 2. The van der Waals surface area contributed by atoms with Crippen molar-refractivity contribution in [2.45, 2.75) is 0 Å². The summed E-state index contributed by atoms with van der Waals surface area (Å²) < 4.78 is 3.62. The number of aromatic nitrogens is 1. The molecule has 1 aromatic rings. The maximum absolute atomic E-state index is 10.3. The van der Waals surface area contributed by atoms with Crippen molar-refractivity contribution in [3.63, 3.8) is 0 Å². The van der Waals surface area contributed by atoms with Crippen molar-refractivity contribution < 1.29 is 19.8 Å². The Morgan fingerprint density at radius 2 is 2.00 bits per heavy atom. The van der Waals surface area contributed by atoms with Crippen LogP contribution in [0.2, 0.25) is 0 Å². The van der Waals surface area contributed by atoms with Crippen molar-refractivity contribution in [3.8, 4) is 0 Å². The molecule has 0 aliphatic carbocycles. The fourth-order valence-electron chi connectivity index (χ4n) is 0.477. The molecule has 1 rings (SSSR count). The fraction of sp³-hybridized carbons (Fsp3) is 0. The molecule has 0 spiro atoms. The van der Waals surface area contributed by atoms with E-state index in [1.165, 1.54) is 0 Å². The molecule has 0 fully saturated rings. The first-order valence-electron chi connectivity index (χ1n) is 2.54. The minimum absolute atomic E-state index is 0.0786. The van der Waals surface area contributed by atoms with Gasteiger partial charge in [-0.05, 0) is 0 Å². The van der Waals surface area contributed by atoms with Gasteiger partial charge in [-0.1, -0.05) is 0 Å². The number of aromatic carboxylic acids is 2. The molecule has 0 aliphatic heterocycles. The third-order valence-electron chi connectivity index (χ3n) is 0.940. The van der Waals surface area contributed by atoms with Crippen LogP contribution in [0, 0.1) is 0 Å². The summed E-state index contributed by atoms with van der Waals surface area (Å²) >= 11 is -0.570. The summed E-state index contributed by atoms with van der Waals surface area (Å²) in [5, 5.41) is 16.7. The zero-order chi connectivity index (χ0) is 8.43. The molecule has 1 heterocycles. The second-order valence-electron chi connectivity index (χ2n) is 1.69. The maximum atomic E-state index is 10.3. The molecule has 11 heavy (non-hydrogen) atoms. The third-order valence-corrected chi connectivity index (χ3v) is 2.57. The van der Waals surface area contributed by atoms with E-state index in [1.54, 1.807) is 0 Å².